The Morgan fingerprint density at radius 3 is 2.34 bits per heavy atom. The number of aromatic nitrogens is 3. The van der Waals surface area contributed by atoms with Crippen LogP contribution in [0.25, 0.3) is 22.2 Å². The Kier molecular flexibility index (Phi) is 6.41. The van der Waals surface area contributed by atoms with Crippen molar-refractivity contribution < 1.29 is 9.59 Å². The molecule has 1 amide bonds. The van der Waals surface area contributed by atoms with E-state index in [2.05, 4.69) is 15.5 Å². The van der Waals surface area contributed by atoms with Gasteiger partial charge in [-0.05, 0) is 41.1 Å². The maximum atomic E-state index is 12.9. The van der Waals surface area contributed by atoms with E-state index >= 15 is 0 Å². The predicted octanol–water partition coefficient (Wildman–Crippen LogP) is 5.86. The number of hydrogen-bond donors (Lipinski definition) is 1. The molecule has 0 spiro atoms. The number of ketones is 1. The molecule has 6 nitrogen and oxygen atoms in total. The first-order valence-electron chi connectivity index (χ1n) is 11.1. The molecule has 0 bridgehead atoms. The van der Waals surface area contributed by atoms with Crippen molar-refractivity contribution in [3.63, 3.8) is 0 Å². The highest BCUT2D eigenvalue weighted by atomic mass is 32.2. The normalized spacial score (nSPS) is 10.9. The first-order valence-corrected chi connectivity index (χ1v) is 12.1. The third kappa shape index (κ3) is 4.85. The zero-order valence-corrected chi connectivity index (χ0v) is 19.8. The summed E-state index contributed by atoms with van der Waals surface area (Å²) in [4.78, 5) is 25.3. The van der Waals surface area contributed by atoms with E-state index in [1.165, 1.54) is 11.8 Å². The summed E-state index contributed by atoms with van der Waals surface area (Å²) >= 11 is 1.36. The summed E-state index contributed by atoms with van der Waals surface area (Å²) < 4.78 is 1.87. The molecular weight excluding hydrogens is 456 g/mol. The van der Waals surface area contributed by atoms with Crippen LogP contribution < -0.4 is 5.32 Å². The summed E-state index contributed by atoms with van der Waals surface area (Å²) in [6.07, 6.45) is 0. The zero-order valence-electron chi connectivity index (χ0n) is 19.0. The van der Waals surface area contributed by atoms with Gasteiger partial charge in [-0.3, -0.25) is 9.59 Å². The van der Waals surface area contributed by atoms with Crippen molar-refractivity contribution in [1.82, 2.24) is 14.8 Å². The van der Waals surface area contributed by atoms with E-state index in [4.69, 9.17) is 0 Å². The number of amides is 1. The fourth-order valence-electron chi connectivity index (χ4n) is 3.85. The monoisotopic (exact) mass is 478 g/mol. The second-order valence-corrected chi connectivity index (χ2v) is 8.94. The molecular formula is C28H22N4O2S. The lowest BCUT2D eigenvalue weighted by molar-refractivity contribution is 0.101. The number of nitrogens with one attached hydrogen (secondary N) is 1. The minimum atomic E-state index is -0.157. The number of carbonyl (C=O) groups is 2. The highest BCUT2D eigenvalue weighted by Crippen LogP contribution is 2.25. The van der Waals surface area contributed by atoms with E-state index in [9.17, 15) is 9.59 Å². The topological polar surface area (TPSA) is 76.9 Å². The smallest absolute Gasteiger partial charge is 0.256 e. The Balaban J connectivity index is 1.27. The van der Waals surface area contributed by atoms with Gasteiger partial charge in [-0.25, -0.2) is 0 Å². The number of carbonyl (C=O) groups excluding carboxylic acids is 2. The van der Waals surface area contributed by atoms with Crippen LogP contribution in [0.5, 0.6) is 0 Å². The highest BCUT2D eigenvalue weighted by molar-refractivity contribution is 7.99. The molecule has 5 aromatic rings. The Hall–Kier alpha value is -4.23. The Morgan fingerprint density at radius 1 is 0.829 bits per heavy atom. The fraction of sp³-hybridized carbons (Fsp3) is 0.0714. The maximum Gasteiger partial charge on any atom is 0.256 e. The summed E-state index contributed by atoms with van der Waals surface area (Å²) in [7, 11) is 1.88. The second kappa shape index (κ2) is 9.95. The van der Waals surface area contributed by atoms with E-state index in [-0.39, 0.29) is 17.4 Å². The van der Waals surface area contributed by atoms with Gasteiger partial charge in [-0.1, -0.05) is 78.5 Å². The van der Waals surface area contributed by atoms with Crippen LogP contribution in [0.4, 0.5) is 5.69 Å². The first-order chi connectivity index (χ1) is 17.1. The van der Waals surface area contributed by atoms with Crippen molar-refractivity contribution in [2.24, 2.45) is 7.05 Å². The van der Waals surface area contributed by atoms with E-state index in [1.54, 1.807) is 0 Å². The zero-order chi connectivity index (χ0) is 24.2. The van der Waals surface area contributed by atoms with Crippen LogP contribution >= 0.6 is 11.8 Å². The van der Waals surface area contributed by atoms with Gasteiger partial charge in [0.25, 0.3) is 5.91 Å². The van der Waals surface area contributed by atoms with Gasteiger partial charge >= 0.3 is 0 Å². The summed E-state index contributed by atoms with van der Waals surface area (Å²) in [6, 6.07) is 30.2. The molecule has 172 valence electrons. The van der Waals surface area contributed by atoms with Gasteiger partial charge in [0.2, 0.25) is 0 Å². The SMILES string of the molecule is Cn1c(SCC(=O)c2ccccc2)nnc1-c1ccc(NC(=O)c2cccc3ccccc23)cc1. The van der Waals surface area contributed by atoms with Crippen LogP contribution in [-0.4, -0.2) is 32.2 Å². The van der Waals surface area contributed by atoms with Crippen molar-refractivity contribution in [3.8, 4) is 11.4 Å². The Bertz CT molecular complexity index is 1510. The van der Waals surface area contributed by atoms with Gasteiger partial charge < -0.3 is 9.88 Å². The van der Waals surface area contributed by atoms with Crippen molar-refractivity contribution in [2.75, 3.05) is 11.1 Å². The summed E-state index contributed by atoms with van der Waals surface area (Å²) in [5.41, 5.74) is 2.87. The Morgan fingerprint density at radius 2 is 1.54 bits per heavy atom. The minimum Gasteiger partial charge on any atom is -0.322 e. The quantitative estimate of drug-likeness (QED) is 0.234. The van der Waals surface area contributed by atoms with Gasteiger partial charge in [-0.15, -0.1) is 10.2 Å². The second-order valence-electron chi connectivity index (χ2n) is 8.00. The van der Waals surface area contributed by atoms with Gasteiger partial charge in [0.1, 0.15) is 0 Å². The van der Waals surface area contributed by atoms with Gasteiger partial charge in [0.05, 0.1) is 5.75 Å². The maximum absolute atomic E-state index is 12.9. The third-order valence-electron chi connectivity index (χ3n) is 5.70. The first kappa shape index (κ1) is 22.6. The molecule has 1 aromatic heterocycles. The Labute approximate surface area is 207 Å². The molecule has 0 aliphatic heterocycles. The van der Waals surface area contributed by atoms with Crippen molar-refractivity contribution in [3.05, 3.63) is 108 Å². The fourth-order valence-corrected chi connectivity index (χ4v) is 4.66. The molecule has 0 radical (unpaired) electrons. The van der Waals surface area contributed by atoms with Crippen LogP contribution in [0.1, 0.15) is 20.7 Å². The summed E-state index contributed by atoms with van der Waals surface area (Å²) in [5.74, 6) is 0.864. The van der Waals surface area contributed by atoms with E-state index in [0.29, 0.717) is 27.8 Å². The molecule has 7 heteroatoms. The molecule has 0 saturated heterocycles. The number of benzene rings is 4. The van der Waals surface area contributed by atoms with Gasteiger partial charge in [0, 0.05) is 29.4 Å². The number of anilines is 1. The molecule has 0 saturated carbocycles. The van der Waals surface area contributed by atoms with Crippen LogP contribution in [-0.2, 0) is 7.05 Å². The summed E-state index contributed by atoms with van der Waals surface area (Å²) in [6.45, 7) is 0. The highest BCUT2D eigenvalue weighted by Gasteiger charge is 2.15. The molecule has 0 aliphatic rings. The molecule has 0 atom stereocenters. The lowest BCUT2D eigenvalue weighted by atomic mass is 10.0. The largest absolute Gasteiger partial charge is 0.322 e. The number of Topliss-reactive ketones (excluding diaryl/α,β-unsaturated/α-hetero) is 1. The van der Waals surface area contributed by atoms with Crippen molar-refractivity contribution in [1.29, 1.82) is 0 Å². The number of thioether (sulfide) groups is 1. The van der Waals surface area contributed by atoms with E-state index in [1.807, 2.05) is 109 Å². The van der Waals surface area contributed by atoms with Crippen LogP contribution in [0.3, 0.4) is 0 Å². The van der Waals surface area contributed by atoms with Gasteiger partial charge in [-0.2, -0.15) is 0 Å². The van der Waals surface area contributed by atoms with E-state index < -0.39 is 0 Å². The summed E-state index contributed by atoms with van der Waals surface area (Å²) in [5, 5.41) is 14.1. The average Bonchev–Trinajstić information content (AvgIpc) is 3.27. The number of hydrogen-bond acceptors (Lipinski definition) is 5. The molecule has 35 heavy (non-hydrogen) atoms. The van der Waals surface area contributed by atoms with Gasteiger partial charge in [0.15, 0.2) is 16.8 Å². The predicted molar refractivity (Wildman–Crippen MR) is 140 cm³/mol. The lowest BCUT2D eigenvalue weighted by Crippen LogP contribution is -2.12. The van der Waals surface area contributed by atoms with E-state index in [0.717, 1.165) is 16.3 Å². The van der Waals surface area contributed by atoms with Crippen LogP contribution in [0.15, 0.2) is 102 Å². The molecule has 4 aromatic carbocycles. The van der Waals surface area contributed by atoms with Crippen molar-refractivity contribution in [2.45, 2.75) is 5.16 Å². The molecule has 0 aliphatic carbocycles. The molecule has 0 fully saturated rings. The third-order valence-corrected chi connectivity index (χ3v) is 6.72. The molecule has 1 N–H and O–H groups in total. The molecule has 0 unspecified atom stereocenters. The number of rotatable bonds is 7. The lowest BCUT2D eigenvalue weighted by Gasteiger charge is -2.09. The minimum absolute atomic E-state index is 0.0476. The molecule has 5 rings (SSSR count). The average molecular weight is 479 g/mol. The number of fused-ring (bicyclic) bond motifs is 1. The standard InChI is InChI=1S/C28H22N4O2S/c1-32-26(30-31-28(32)35-18-25(33)20-9-3-2-4-10-20)21-14-16-22(17-15-21)29-27(34)24-13-7-11-19-8-5-6-12-23(19)24/h2-17H,18H2,1H3,(H,29,34). The number of nitrogens with zero attached hydrogens (tertiary/aromatic N) is 3. The van der Waals surface area contributed by atoms with Crippen LogP contribution in [0.2, 0.25) is 0 Å². The van der Waals surface area contributed by atoms with Crippen LogP contribution in [0, 0.1) is 0 Å². The molecule has 1 heterocycles. The van der Waals surface area contributed by atoms with Crippen molar-refractivity contribution >= 4 is 39.9 Å².